The fourth-order valence-corrected chi connectivity index (χ4v) is 8.75. The average Bonchev–Trinajstić information content (AvgIpc) is 3.32. The van der Waals surface area contributed by atoms with E-state index in [-0.39, 0.29) is 28.7 Å². The molecule has 0 aromatic carbocycles. The van der Waals surface area contributed by atoms with Crippen molar-refractivity contribution in [2.45, 2.75) is 64.8 Å². The summed E-state index contributed by atoms with van der Waals surface area (Å²) in [5.74, 6) is 2.45. The van der Waals surface area contributed by atoms with Crippen molar-refractivity contribution in [1.29, 1.82) is 0 Å². The highest BCUT2D eigenvalue weighted by Gasteiger charge is 2.50. The number of rotatable bonds is 8. The number of piperidine rings is 1. The topological polar surface area (TPSA) is 82.0 Å². The number of pyridine rings is 1. The summed E-state index contributed by atoms with van der Waals surface area (Å²) in [6.45, 7) is 8.44. The maximum Gasteiger partial charge on any atom is 0.274 e. The quantitative estimate of drug-likeness (QED) is 0.540. The number of likely N-dealkylation sites (N-methyl/N-ethyl adjacent to an activating group) is 1. The largest absolute Gasteiger partial charge is 0.350 e. The third-order valence-electron chi connectivity index (χ3n) is 10.2. The van der Waals surface area contributed by atoms with Crippen molar-refractivity contribution >= 4 is 17.5 Å². The molecule has 39 heavy (non-hydrogen) atoms. The zero-order valence-corrected chi connectivity index (χ0v) is 24.2. The third-order valence-corrected chi connectivity index (χ3v) is 10.2. The van der Waals surface area contributed by atoms with E-state index < -0.39 is 0 Å². The van der Waals surface area contributed by atoms with E-state index in [4.69, 9.17) is 4.98 Å². The second kappa shape index (κ2) is 10.2. The summed E-state index contributed by atoms with van der Waals surface area (Å²) in [7, 11) is 4.07. The predicted molar refractivity (Wildman–Crippen MR) is 153 cm³/mol. The summed E-state index contributed by atoms with van der Waals surface area (Å²) < 4.78 is 1.81. The van der Waals surface area contributed by atoms with E-state index in [1.807, 2.05) is 37.2 Å². The number of fused-ring (bicyclic) bond motifs is 1. The van der Waals surface area contributed by atoms with E-state index in [1.54, 1.807) is 10.6 Å². The lowest BCUT2D eigenvalue weighted by atomic mass is 9.49. The van der Waals surface area contributed by atoms with E-state index >= 15 is 0 Å². The molecule has 212 valence electrons. The normalized spacial score (nSPS) is 31.1. The van der Waals surface area contributed by atoms with E-state index in [1.165, 1.54) is 38.5 Å². The lowest BCUT2D eigenvalue weighted by molar-refractivity contribution is -0.0503. The van der Waals surface area contributed by atoms with Crippen molar-refractivity contribution in [2.24, 2.45) is 28.6 Å². The number of hydrogen-bond acceptors (Lipinski definition) is 5. The van der Waals surface area contributed by atoms with Crippen LogP contribution in [0.25, 0.3) is 5.65 Å². The molecular formula is C31H46N6O2. The number of carbonyl (C=O) groups excluding carboxylic acids is 2. The summed E-state index contributed by atoms with van der Waals surface area (Å²) in [5.41, 5.74) is 1.83. The zero-order chi connectivity index (χ0) is 27.4. The van der Waals surface area contributed by atoms with Gasteiger partial charge in [0.25, 0.3) is 11.8 Å². The molecule has 1 unspecified atom stereocenters. The van der Waals surface area contributed by atoms with Gasteiger partial charge in [0.15, 0.2) is 0 Å². The first-order valence-electron chi connectivity index (χ1n) is 15.1. The van der Waals surface area contributed by atoms with Crippen LogP contribution in [0.15, 0.2) is 24.4 Å². The molecule has 1 saturated heterocycles. The second-order valence-corrected chi connectivity index (χ2v) is 14.1. The highest BCUT2D eigenvalue weighted by atomic mass is 16.2. The standard InChI is InChI=1S/C31H46N6O2/c1-30(2)19-32-9-8-26(30)36(11-10-35(3)4)29(39)24-18-37-25(6-5-7-27(37)34-24)28(38)33-20-31-15-21-12-22(16-31)14-23(13-21)17-31/h5-7,18,21-23,26,32H,8-17,19-20H2,1-4H3,(H,33,38). The van der Waals surface area contributed by atoms with E-state index in [2.05, 4.69) is 29.4 Å². The van der Waals surface area contributed by atoms with Crippen molar-refractivity contribution in [3.05, 3.63) is 35.8 Å². The molecule has 2 aromatic rings. The summed E-state index contributed by atoms with van der Waals surface area (Å²) in [5, 5.41) is 6.79. The molecule has 4 bridgehead atoms. The lowest BCUT2D eigenvalue weighted by Gasteiger charge is -2.56. The second-order valence-electron chi connectivity index (χ2n) is 14.1. The minimum absolute atomic E-state index is 0.0400. The van der Waals surface area contributed by atoms with Gasteiger partial charge in [-0.3, -0.25) is 14.0 Å². The summed E-state index contributed by atoms with van der Waals surface area (Å²) in [6, 6.07) is 5.72. The maximum absolute atomic E-state index is 14.0. The molecule has 1 atom stereocenters. The van der Waals surface area contributed by atoms with Crippen LogP contribution >= 0.6 is 0 Å². The molecule has 5 aliphatic rings. The Labute approximate surface area is 232 Å². The Hall–Kier alpha value is -2.45. The summed E-state index contributed by atoms with van der Waals surface area (Å²) in [6.07, 6.45) is 10.7. The fraction of sp³-hybridized carbons (Fsp3) is 0.710. The maximum atomic E-state index is 14.0. The van der Waals surface area contributed by atoms with Gasteiger partial charge < -0.3 is 20.4 Å². The van der Waals surface area contributed by atoms with Gasteiger partial charge in [-0.25, -0.2) is 4.98 Å². The van der Waals surface area contributed by atoms with Crippen LogP contribution in [0.3, 0.4) is 0 Å². The van der Waals surface area contributed by atoms with Gasteiger partial charge in [-0.05, 0) is 106 Å². The molecule has 2 amide bonds. The SMILES string of the molecule is CN(C)CCN(C(=O)c1cn2c(C(=O)NCC34CC5CC(CC(C5)C3)C4)cccc2n1)C1CCNCC1(C)C. The van der Waals surface area contributed by atoms with Crippen molar-refractivity contribution in [3.63, 3.8) is 0 Å². The van der Waals surface area contributed by atoms with Crippen LogP contribution in [0.4, 0.5) is 0 Å². The van der Waals surface area contributed by atoms with Gasteiger partial charge >= 0.3 is 0 Å². The third kappa shape index (κ3) is 5.22. The molecule has 7 rings (SSSR count). The molecule has 4 aliphatic carbocycles. The van der Waals surface area contributed by atoms with Gasteiger partial charge in [0.2, 0.25) is 0 Å². The molecule has 8 nitrogen and oxygen atoms in total. The fourth-order valence-electron chi connectivity index (χ4n) is 8.75. The predicted octanol–water partition coefficient (Wildman–Crippen LogP) is 3.67. The summed E-state index contributed by atoms with van der Waals surface area (Å²) >= 11 is 0. The van der Waals surface area contributed by atoms with E-state index in [0.717, 1.165) is 50.4 Å². The van der Waals surface area contributed by atoms with Gasteiger partial charge in [-0.15, -0.1) is 0 Å². The van der Waals surface area contributed by atoms with Crippen LogP contribution in [-0.2, 0) is 0 Å². The van der Waals surface area contributed by atoms with Crippen LogP contribution in [0.2, 0.25) is 0 Å². The smallest absolute Gasteiger partial charge is 0.274 e. The van der Waals surface area contributed by atoms with Crippen LogP contribution < -0.4 is 10.6 Å². The van der Waals surface area contributed by atoms with Gasteiger partial charge in [0, 0.05) is 38.4 Å². The highest BCUT2D eigenvalue weighted by molar-refractivity contribution is 5.95. The molecular weight excluding hydrogens is 488 g/mol. The number of nitrogens with one attached hydrogen (secondary N) is 2. The van der Waals surface area contributed by atoms with Crippen molar-refractivity contribution in [3.8, 4) is 0 Å². The van der Waals surface area contributed by atoms with Crippen LogP contribution in [0.1, 0.15) is 79.8 Å². The Bertz CT molecular complexity index is 1200. The highest BCUT2D eigenvalue weighted by Crippen LogP contribution is 2.59. The number of nitrogens with zero attached hydrogens (tertiary/aromatic N) is 4. The van der Waals surface area contributed by atoms with Crippen LogP contribution in [-0.4, -0.2) is 83.9 Å². The first-order valence-corrected chi connectivity index (χ1v) is 15.1. The van der Waals surface area contributed by atoms with Gasteiger partial charge in [0.1, 0.15) is 17.0 Å². The number of imidazole rings is 1. The monoisotopic (exact) mass is 534 g/mol. The molecule has 2 N–H and O–H groups in total. The number of carbonyl (C=O) groups is 2. The number of hydrogen-bond donors (Lipinski definition) is 2. The van der Waals surface area contributed by atoms with Gasteiger partial charge in [0.05, 0.1) is 0 Å². The zero-order valence-electron chi connectivity index (χ0n) is 24.2. The molecule has 2 aromatic heterocycles. The van der Waals surface area contributed by atoms with Crippen LogP contribution in [0.5, 0.6) is 0 Å². The van der Waals surface area contributed by atoms with Crippen LogP contribution in [0, 0.1) is 28.6 Å². The first-order chi connectivity index (χ1) is 18.6. The molecule has 4 saturated carbocycles. The first kappa shape index (κ1) is 26.8. The Balaban J connectivity index is 1.22. The molecule has 8 heteroatoms. The Morgan fingerprint density at radius 3 is 2.41 bits per heavy atom. The molecule has 1 aliphatic heterocycles. The Morgan fingerprint density at radius 2 is 1.77 bits per heavy atom. The van der Waals surface area contributed by atoms with E-state index in [0.29, 0.717) is 23.6 Å². The van der Waals surface area contributed by atoms with Gasteiger partial charge in [-0.2, -0.15) is 0 Å². The lowest BCUT2D eigenvalue weighted by Crippen LogP contribution is -2.57. The molecule has 0 radical (unpaired) electrons. The van der Waals surface area contributed by atoms with Gasteiger partial charge in [-0.1, -0.05) is 19.9 Å². The van der Waals surface area contributed by atoms with E-state index in [9.17, 15) is 9.59 Å². The Kier molecular flexibility index (Phi) is 6.99. The molecule has 5 fully saturated rings. The molecule has 3 heterocycles. The molecule has 0 spiro atoms. The number of amides is 2. The van der Waals surface area contributed by atoms with Crippen molar-refractivity contribution in [1.82, 2.24) is 29.8 Å². The van der Waals surface area contributed by atoms with Crippen molar-refractivity contribution in [2.75, 3.05) is 46.8 Å². The average molecular weight is 535 g/mol. The Morgan fingerprint density at radius 1 is 1.08 bits per heavy atom. The number of aromatic nitrogens is 2. The minimum Gasteiger partial charge on any atom is -0.350 e. The summed E-state index contributed by atoms with van der Waals surface area (Å²) in [4.78, 5) is 36.4. The minimum atomic E-state index is -0.0725. The van der Waals surface area contributed by atoms with Crippen molar-refractivity contribution < 1.29 is 9.59 Å².